The lowest BCUT2D eigenvalue weighted by atomic mass is 10.1. The number of benzene rings is 1. The highest BCUT2D eigenvalue weighted by Gasteiger charge is 2.25. The lowest BCUT2D eigenvalue weighted by Crippen LogP contribution is -2.44. The summed E-state index contributed by atoms with van der Waals surface area (Å²) in [5.74, 6) is 1.54. The summed E-state index contributed by atoms with van der Waals surface area (Å²) >= 11 is 6.28. The van der Waals surface area contributed by atoms with Gasteiger partial charge >= 0.3 is 0 Å². The van der Waals surface area contributed by atoms with Crippen molar-refractivity contribution in [3.8, 4) is 0 Å². The number of carbonyl (C=O) groups excluding carboxylic acids is 1. The quantitative estimate of drug-likeness (QED) is 0.453. The molecule has 3 N–H and O–H groups in total. The van der Waals surface area contributed by atoms with Gasteiger partial charge in [-0.15, -0.1) is 0 Å². The second-order valence-electron chi connectivity index (χ2n) is 7.79. The zero-order chi connectivity index (χ0) is 22.2. The maximum absolute atomic E-state index is 12.2. The van der Waals surface area contributed by atoms with E-state index in [4.69, 9.17) is 11.6 Å². The first-order valence-corrected chi connectivity index (χ1v) is 11.1. The van der Waals surface area contributed by atoms with Gasteiger partial charge in [0.1, 0.15) is 5.82 Å². The molecule has 1 aliphatic rings. The molecule has 0 aliphatic carbocycles. The van der Waals surface area contributed by atoms with E-state index in [1.54, 1.807) is 13.2 Å². The minimum absolute atomic E-state index is 0.0369. The molecule has 7 nitrogen and oxygen atoms in total. The van der Waals surface area contributed by atoms with Crippen molar-refractivity contribution in [2.75, 3.05) is 25.0 Å². The fourth-order valence-corrected chi connectivity index (χ4v) is 3.68. The number of rotatable bonds is 7. The summed E-state index contributed by atoms with van der Waals surface area (Å²) in [6, 6.07) is 11.8. The third-order valence-electron chi connectivity index (χ3n) is 5.46. The van der Waals surface area contributed by atoms with Gasteiger partial charge in [-0.1, -0.05) is 30.7 Å². The van der Waals surface area contributed by atoms with Crippen molar-refractivity contribution in [2.24, 2.45) is 4.99 Å². The monoisotopic (exact) mass is 442 g/mol. The molecule has 166 valence electrons. The Hall–Kier alpha value is -2.80. The number of nitrogens with one attached hydrogen (secondary N) is 3. The highest BCUT2D eigenvalue weighted by Crippen LogP contribution is 2.25. The van der Waals surface area contributed by atoms with E-state index < -0.39 is 0 Å². The number of guanidine groups is 1. The molecule has 3 rings (SSSR count). The summed E-state index contributed by atoms with van der Waals surface area (Å²) < 4.78 is 0. The molecule has 1 aliphatic heterocycles. The molecular formula is C23H31ClN6O. The van der Waals surface area contributed by atoms with E-state index in [2.05, 4.69) is 37.8 Å². The number of hydrogen-bond donors (Lipinski definition) is 3. The van der Waals surface area contributed by atoms with E-state index >= 15 is 0 Å². The molecule has 0 bridgehead atoms. The smallest absolute Gasteiger partial charge is 0.251 e. The van der Waals surface area contributed by atoms with E-state index in [9.17, 15) is 4.79 Å². The molecule has 31 heavy (non-hydrogen) atoms. The lowest BCUT2D eigenvalue weighted by Gasteiger charge is -2.20. The molecule has 1 fully saturated rings. The Morgan fingerprint density at radius 1 is 1.32 bits per heavy atom. The van der Waals surface area contributed by atoms with Crippen molar-refractivity contribution in [3.05, 3.63) is 58.7 Å². The third kappa shape index (κ3) is 6.34. The molecule has 0 saturated carbocycles. The molecule has 2 heterocycles. The number of nitrogens with zero attached hydrogens (tertiary/aromatic N) is 3. The Balaban J connectivity index is 1.49. The van der Waals surface area contributed by atoms with E-state index in [0.717, 1.165) is 43.3 Å². The van der Waals surface area contributed by atoms with Crippen molar-refractivity contribution in [1.82, 2.24) is 20.9 Å². The second kappa shape index (κ2) is 11.0. The predicted octanol–water partition coefficient (Wildman–Crippen LogP) is 3.21. The average molecular weight is 443 g/mol. The van der Waals surface area contributed by atoms with Gasteiger partial charge in [0, 0.05) is 50.5 Å². The van der Waals surface area contributed by atoms with Gasteiger partial charge in [0.05, 0.1) is 5.02 Å². The van der Waals surface area contributed by atoms with E-state index in [-0.39, 0.29) is 18.0 Å². The third-order valence-corrected chi connectivity index (χ3v) is 5.75. The van der Waals surface area contributed by atoms with Gasteiger partial charge in [0.2, 0.25) is 0 Å². The number of aliphatic imine (C=N–C) groups is 1. The van der Waals surface area contributed by atoms with Gasteiger partial charge in [0.15, 0.2) is 5.96 Å². The molecule has 8 heteroatoms. The van der Waals surface area contributed by atoms with Crippen molar-refractivity contribution in [3.63, 3.8) is 0 Å². The Bertz CT molecular complexity index is 901. The molecule has 0 spiro atoms. The van der Waals surface area contributed by atoms with E-state index in [0.29, 0.717) is 17.1 Å². The number of amides is 1. The summed E-state index contributed by atoms with van der Waals surface area (Å²) in [5.41, 5.74) is 1.75. The zero-order valence-corrected chi connectivity index (χ0v) is 19.1. The van der Waals surface area contributed by atoms with Gasteiger partial charge < -0.3 is 20.9 Å². The number of halogens is 1. The summed E-state index contributed by atoms with van der Waals surface area (Å²) in [4.78, 5) is 23.1. The minimum Gasteiger partial charge on any atom is -0.353 e. The molecule has 1 amide bonds. The van der Waals surface area contributed by atoms with Crippen LogP contribution in [-0.2, 0) is 6.54 Å². The Morgan fingerprint density at radius 2 is 2.10 bits per heavy atom. The van der Waals surface area contributed by atoms with Gasteiger partial charge in [0.25, 0.3) is 5.91 Å². The maximum atomic E-state index is 12.2. The highest BCUT2D eigenvalue weighted by atomic mass is 35.5. The summed E-state index contributed by atoms with van der Waals surface area (Å²) in [6.45, 7) is 6.39. The first-order chi connectivity index (χ1) is 15.0. The zero-order valence-electron chi connectivity index (χ0n) is 18.4. The van der Waals surface area contributed by atoms with Crippen LogP contribution in [-0.4, -0.2) is 49.1 Å². The van der Waals surface area contributed by atoms with Crippen LogP contribution in [0.1, 0.15) is 42.6 Å². The van der Waals surface area contributed by atoms with E-state index in [1.165, 1.54) is 0 Å². The molecule has 2 unspecified atom stereocenters. The topological polar surface area (TPSA) is 81.6 Å². The van der Waals surface area contributed by atoms with Crippen LogP contribution in [0, 0.1) is 0 Å². The average Bonchev–Trinajstić information content (AvgIpc) is 3.25. The van der Waals surface area contributed by atoms with Crippen LogP contribution in [0.5, 0.6) is 0 Å². The Morgan fingerprint density at radius 3 is 2.77 bits per heavy atom. The van der Waals surface area contributed by atoms with Gasteiger partial charge in [-0.05, 0) is 49.6 Å². The number of hydrogen-bond acceptors (Lipinski definition) is 4. The minimum atomic E-state index is -0.0369. The summed E-state index contributed by atoms with van der Waals surface area (Å²) in [6.07, 6.45) is 3.66. The van der Waals surface area contributed by atoms with Crippen molar-refractivity contribution < 1.29 is 4.79 Å². The molecule has 2 atom stereocenters. The van der Waals surface area contributed by atoms with Crippen LogP contribution in [0.15, 0.2) is 47.6 Å². The normalized spacial score (nSPS) is 17.4. The summed E-state index contributed by atoms with van der Waals surface area (Å²) in [5, 5.41) is 10.5. The first kappa shape index (κ1) is 22.9. The van der Waals surface area contributed by atoms with Crippen LogP contribution < -0.4 is 20.9 Å². The van der Waals surface area contributed by atoms with Gasteiger partial charge in [-0.25, -0.2) is 4.98 Å². The largest absolute Gasteiger partial charge is 0.353 e. The molecule has 1 aromatic heterocycles. The van der Waals surface area contributed by atoms with Crippen LogP contribution >= 0.6 is 11.6 Å². The molecule has 1 saturated heterocycles. The predicted molar refractivity (Wildman–Crippen MR) is 127 cm³/mol. The maximum Gasteiger partial charge on any atom is 0.251 e. The first-order valence-electron chi connectivity index (χ1n) is 10.7. The second-order valence-corrected chi connectivity index (χ2v) is 8.20. The number of pyridine rings is 1. The van der Waals surface area contributed by atoms with Crippen molar-refractivity contribution in [2.45, 2.75) is 45.3 Å². The van der Waals surface area contributed by atoms with E-state index in [1.807, 2.05) is 43.3 Å². The fraction of sp³-hybridized carbons (Fsp3) is 0.435. The van der Waals surface area contributed by atoms with Crippen LogP contribution in [0.25, 0.3) is 0 Å². The highest BCUT2D eigenvalue weighted by molar-refractivity contribution is 6.32. The van der Waals surface area contributed by atoms with Gasteiger partial charge in [-0.2, -0.15) is 0 Å². The molecular weight excluding hydrogens is 412 g/mol. The summed E-state index contributed by atoms with van der Waals surface area (Å²) in [7, 11) is 1.76. The lowest BCUT2D eigenvalue weighted by molar-refractivity contribution is 0.0939. The molecule has 0 radical (unpaired) electrons. The van der Waals surface area contributed by atoms with Crippen LogP contribution in [0.4, 0.5) is 5.82 Å². The van der Waals surface area contributed by atoms with Crippen LogP contribution in [0.2, 0.25) is 5.02 Å². The Labute approximate surface area is 189 Å². The number of anilines is 1. The van der Waals surface area contributed by atoms with Gasteiger partial charge in [-0.3, -0.25) is 9.79 Å². The van der Waals surface area contributed by atoms with Crippen LogP contribution in [0.3, 0.4) is 0 Å². The fourth-order valence-electron chi connectivity index (χ4n) is 3.44. The Kier molecular flexibility index (Phi) is 8.12. The number of carbonyl (C=O) groups is 1. The van der Waals surface area contributed by atoms with Crippen molar-refractivity contribution in [1.29, 1.82) is 0 Å². The molecule has 2 aromatic rings. The SMILES string of the molecule is CCC(C)NC(=O)c1ccc(CNC(=NC)NC2CCN(c3ncccc3Cl)C2)cc1. The number of aromatic nitrogens is 1. The standard InChI is InChI=1S/C23H31ClN6O/c1-4-16(2)28-22(31)18-9-7-17(8-10-18)14-27-23(25-3)29-19-11-13-30(15-19)21-20(24)6-5-12-26-21/h5-10,12,16,19H,4,11,13-15H2,1-3H3,(H,28,31)(H2,25,27,29). The van der Waals surface area contributed by atoms with Crippen molar-refractivity contribution >= 4 is 29.3 Å². The molecule has 1 aromatic carbocycles.